The number of Topliss-reactive ketones (excluding diaryl/α,β-unsaturated/α-hetero) is 1. The minimum atomic E-state index is -1.41. The van der Waals surface area contributed by atoms with Crippen LogP contribution in [0.15, 0.2) is 30.5 Å². The molecule has 0 aliphatic carbocycles. The molecule has 48 heavy (non-hydrogen) atoms. The molecule has 0 spiro atoms. The maximum absolute atomic E-state index is 13.6. The number of hydrogen-bond donors (Lipinski definition) is 3. The molecule has 1 unspecified atom stereocenters. The van der Waals surface area contributed by atoms with Gasteiger partial charge in [-0.1, -0.05) is 45.0 Å². The van der Waals surface area contributed by atoms with E-state index in [1.807, 2.05) is 51.2 Å². The second-order valence-electron chi connectivity index (χ2n) is 14.3. The van der Waals surface area contributed by atoms with Gasteiger partial charge in [0.2, 0.25) is 0 Å². The number of nitrogens with two attached hydrogens (primary N) is 1. The van der Waals surface area contributed by atoms with E-state index in [2.05, 4.69) is 29.5 Å². The number of aliphatic hydroxyl groups excluding tert-OH is 1. The van der Waals surface area contributed by atoms with Crippen LogP contribution < -0.4 is 11.1 Å². The summed E-state index contributed by atoms with van der Waals surface area (Å²) in [5.41, 5.74) is 6.37. The average Bonchev–Trinajstić information content (AvgIpc) is 3.64. The van der Waals surface area contributed by atoms with Gasteiger partial charge >= 0.3 is 6.09 Å². The summed E-state index contributed by atoms with van der Waals surface area (Å²) in [7, 11) is 8.30. The molecule has 3 heterocycles. The van der Waals surface area contributed by atoms with Crippen LogP contribution in [0.25, 0.3) is 11.3 Å². The number of ketones is 1. The number of fused-ring (bicyclic) bond motifs is 1. The van der Waals surface area contributed by atoms with Crippen LogP contribution in [0, 0.1) is 17.8 Å². The molecule has 0 bridgehead atoms. The highest BCUT2D eigenvalue weighted by Crippen LogP contribution is 2.41. The van der Waals surface area contributed by atoms with Crippen molar-refractivity contribution in [1.82, 2.24) is 25.2 Å². The van der Waals surface area contributed by atoms with Crippen LogP contribution in [0.4, 0.5) is 10.5 Å². The third-order valence-electron chi connectivity index (χ3n) is 10.6. The number of nitrogens with zero attached hydrogens (tertiary/aromatic N) is 4. The number of anilines is 1. The highest BCUT2D eigenvalue weighted by molar-refractivity contribution is 6.14. The molecule has 1 amide bonds. The molecule has 2 aromatic rings. The molecule has 0 saturated carbocycles. The van der Waals surface area contributed by atoms with E-state index in [9.17, 15) is 14.7 Å². The highest BCUT2D eigenvalue weighted by Gasteiger charge is 2.58. The van der Waals surface area contributed by atoms with Crippen LogP contribution in [0.2, 0.25) is 5.82 Å². The van der Waals surface area contributed by atoms with E-state index < -0.39 is 53.4 Å². The zero-order valence-electron chi connectivity index (χ0n) is 29.9. The van der Waals surface area contributed by atoms with Gasteiger partial charge in [-0.05, 0) is 76.9 Å². The number of carbonyl (C=O) groups excluding carboxylic acids is 2. The monoisotopic (exact) mass is 666 g/mol. The SMILES string of the molecule is [B][C@@H]1[C@H](C)C(=O)[C@@H](C)C(O)O[C@H](CC)[C@@]2(C)OC(=O)N(CCCCn3cc(-c4cccc(N)c4)nn3)[C@@H]2[C@@H](C)NC[C@H](C)C[C@@]1(C)OC. The lowest BCUT2D eigenvalue weighted by molar-refractivity contribution is -0.210. The molecule has 1 aromatic heterocycles. The van der Waals surface area contributed by atoms with E-state index in [1.54, 1.807) is 30.5 Å². The lowest BCUT2D eigenvalue weighted by Gasteiger charge is -2.42. The van der Waals surface area contributed by atoms with E-state index in [1.165, 1.54) is 0 Å². The molecule has 2 radical (unpaired) electrons. The number of nitrogen functional groups attached to an aromatic ring is 1. The van der Waals surface area contributed by atoms with Crippen LogP contribution in [-0.2, 0) is 25.5 Å². The van der Waals surface area contributed by atoms with E-state index >= 15 is 0 Å². The minimum Gasteiger partial charge on any atom is -0.438 e. The molecule has 2 fully saturated rings. The molecule has 2 aliphatic rings. The first kappa shape index (κ1) is 37.8. The van der Waals surface area contributed by atoms with E-state index in [0.717, 1.165) is 17.7 Å². The standard InChI is InChI=1S/C35H55BN6O6/c1-9-28-35(7)31(24(5)38-19-21(2)18-34(6,46-8)30(36)22(3)29(43)23(4)32(44)47-28)42(33(45)48-35)16-11-10-15-41-20-27(39-40-41)25-13-12-14-26(37)17-25/h12-14,17,20-24,28,30-32,38,44H,9-11,15-16,18-19,37H2,1-8H3/t21-,22-,23-,24-,28-,30-,31-,32?,34-,35-/m1/s1. The average molecular weight is 667 g/mol. The number of aliphatic hydroxyl groups is 1. The molecular formula is C35H55BN6O6. The molecule has 1 aromatic carbocycles. The molecule has 13 heteroatoms. The maximum atomic E-state index is 13.6. The number of benzene rings is 1. The number of aromatic nitrogens is 3. The van der Waals surface area contributed by atoms with E-state index in [-0.39, 0.29) is 17.7 Å². The first-order chi connectivity index (χ1) is 22.6. The van der Waals surface area contributed by atoms with Gasteiger partial charge in [-0.15, -0.1) is 5.10 Å². The Morgan fingerprint density at radius 2 is 1.85 bits per heavy atom. The summed E-state index contributed by atoms with van der Waals surface area (Å²) in [4.78, 5) is 29.0. The van der Waals surface area contributed by atoms with Crippen molar-refractivity contribution in [2.24, 2.45) is 17.8 Å². The second-order valence-corrected chi connectivity index (χ2v) is 14.3. The number of methoxy groups -OCH3 is 1. The topological polar surface area (TPSA) is 154 Å². The number of ether oxygens (including phenoxy) is 3. The molecule has 12 nitrogen and oxygen atoms in total. The van der Waals surface area contributed by atoms with Crippen molar-refractivity contribution in [1.29, 1.82) is 0 Å². The van der Waals surface area contributed by atoms with Gasteiger partial charge in [0.05, 0.1) is 31.6 Å². The van der Waals surface area contributed by atoms with Crippen molar-refractivity contribution in [3.63, 3.8) is 0 Å². The van der Waals surface area contributed by atoms with Gasteiger partial charge in [0.15, 0.2) is 11.9 Å². The molecular weight excluding hydrogens is 611 g/mol. The van der Waals surface area contributed by atoms with Crippen LogP contribution in [0.3, 0.4) is 0 Å². The second kappa shape index (κ2) is 15.7. The number of carbonyl (C=O) groups is 2. The Hall–Kier alpha value is -3.00. The lowest BCUT2D eigenvalue weighted by atomic mass is 9.62. The minimum absolute atomic E-state index is 0.134. The smallest absolute Gasteiger partial charge is 0.410 e. The third-order valence-corrected chi connectivity index (χ3v) is 10.6. The fourth-order valence-electron chi connectivity index (χ4n) is 7.58. The van der Waals surface area contributed by atoms with Crippen LogP contribution in [0.5, 0.6) is 0 Å². The number of unbranched alkanes of at least 4 members (excludes halogenated alkanes) is 1. The summed E-state index contributed by atoms with van der Waals surface area (Å²) < 4.78 is 20.1. The number of hydrogen-bond acceptors (Lipinski definition) is 10. The Labute approximate surface area is 286 Å². The van der Waals surface area contributed by atoms with Crippen molar-refractivity contribution in [2.75, 3.05) is 25.9 Å². The molecule has 2 aliphatic heterocycles. The predicted octanol–water partition coefficient (Wildman–Crippen LogP) is 4.22. The van der Waals surface area contributed by atoms with E-state index in [4.69, 9.17) is 27.8 Å². The molecule has 10 atom stereocenters. The van der Waals surface area contributed by atoms with Gasteiger partial charge < -0.3 is 30.4 Å². The van der Waals surface area contributed by atoms with Crippen molar-refractivity contribution < 1.29 is 28.9 Å². The molecule has 264 valence electrons. The molecule has 4 rings (SSSR count). The first-order valence-corrected chi connectivity index (χ1v) is 17.3. The lowest BCUT2D eigenvalue weighted by Crippen LogP contribution is -2.61. The van der Waals surface area contributed by atoms with Gasteiger partial charge in [0.25, 0.3) is 0 Å². The van der Waals surface area contributed by atoms with Gasteiger partial charge in [0, 0.05) is 43.4 Å². The maximum Gasteiger partial charge on any atom is 0.410 e. The van der Waals surface area contributed by atoms with Crippen LogP contribution in [0.1, 0.15) is 74.1 Å². The number of nitrogens with one attached hydrogen (secondary N) is 1. The summed E-state index contributed by atoms with van der Waals surface area (Å²) in [5, 5.41) is 23.5. The zero-order chi connectivity index (χ0) is 35.4. The Morgan fingerprint density at radius 1 is 1.15 bits per heavy atom. The van der Waals surface area contributed by atoms with Gasteiger partial charge in [-0.25, -0.2) is 4.79 Å². The summed E-state index contributed by atoms with van der Waals surface area (Å²) in [6.07, 6.45) is 1.89. The third kappa shape index (κ3) is 8.06. The Balaban J connectivity index is 1.54. The summed E-state index contributed by atoms with van der Waals surface area (Å²) in [5.74, 6) is -2.11. The molecule has 4 N–H and O–H groups in total. The predicted molar refractivity (Wildman–Crippen MR) is 185 cm³/mol. The summed E-state index contributed by atoms with van der Waals surface area (Å²) >= 11 is 0. The largest absolute Gasteiger partial charge is 0.438 e. The van der Waals surface area contributed by atoms with Gasteiger partial charge in [-0.3, -0.25) is 14.4 Å². The highest BCUT2D eigenvalue weighted by atomic mass is 16.6. The number of aryl methyl sites for hydroxylation is 1. The quantitative estimate of drug-likeness (QED) is 0.212. The summed E-state index contributed by atoms with van der Waals surface area (Å²) in [6.45, 7) is 15.0. The fraction of sp³-hybridized carbons (Fsp3) is 0.714. The Bertz CT molecular complexity index is 1390. The van der Waals surface area contributed by atoms with Gasteiger partial charge in [-0.2, -0.15) is 0 Å². The van der Waals surface area contributed by atoms with Gasteiger partial charge in [0.1, 0.15) is 17.6 Å². The van der Waals surface area contributed by atoms with Crippen molar-refractivity contribution in [2.45, 2.75) is 122 Å². The number of rotatable bonds is 8. The fourth-order valence-corrected chi connectivity index (χ4v) is 7.58. The summed E-state index contributed by atoms with van der Waals surface area (Å²) in [6, 6.07) is 6.92. The Kier molecular flexibility index (Phi) is 12.4. The first-order valence-electron chi connectivity index (χ1n) is 17.3. The van der Waals surface area contributed by atoms with Crippen molar-refractivity contribution in [3.8, 4) is 11.3 Å². The van der Waals surface area contributed by atoms with Crippen LogP contribution in [-0.4, -0.2) is 101 Å². The normalized spacial score (nSPS) is 35.5. The molecule has 2 saturated heterocycles. The zero-order valence-corrected chi connectivity index (χ0v) is 29.9. The van der Waals surface area contributed by atoms with Crippen LogP contribution >= 0.6 is 0 Å². The van der Waals surface area contributed by atoms with Crippen molar-refractivity contribution in [3.05, 3.63) is 30.5 Å². The van der Waals surface area contributed by atoms with Crippen molar-refractivity contribution >= 4 is 25.4 Å². The van der Waals surface area contributed by atoms with E-state index in [0.29, 0.717) is 44.6 Å². The Morgan fingerprint density at radius 3 is 2.52 bits per heavy atom. The number of amides is 1.